The van der Waals surface area contributed by atoms with E-state index < -0.39 is 33.3 Å². The molecule has 0 aliphatic heterocycles. The number of hydrogen-bond acceptors (Lipinski definition) is 6. The van der Waals surface area contributed by atoms with E-state index in [1.807, 2.05) is 0 Å². The van der Waals surface area contributed by atoms with Gasteiger partial charge in [0.05, 0.1) is 29.2 Å². The third-order valence-electron chi connectivity index (χ3n) is 7.20. The molecule has 5 rings (SSSR count). The molecule has 0 spiro atoms. The number of anilines is 1. The summed E-state index contributed by atoms with van der Waals surface area (Å²) in [5.74, 6) is -1.69. The van der Waals surface area contributed by atoms with Crippen LogP contribution in [-0.4, -0.2) is 38.1 Å². The van der Waals surface area contributed by atoms with E-state index >= 15 is 0 Å². The predicted molar refractivity (Wildman–Crippen MR) is 151 cm³/mol. The number of aliphatic hydroxyl groups is 1. The van der Waals surface area contributed by atoms with Crippen molar-refractivity contribution in [2.24, 2.45) is 0 Å². The maximum absolute atomic E-state index is 15.0. The van der Waals surface area contributed by atoms with Gasteiger partial charge in [0.25, 0.3) is 10.0 Å². The summed E-state index contributed by atoms with van der Waals surface area (Å²) in [6.07, 6.45) is 4.20. The van der Waals surface area contributed by atoms with E-state index in [1.54, 1.807) is 49.4 Å². The molecule has 0 aliphatic rings. The first kappa shape index (κ1) is 28.4. The van der Waals surface area contributed by atoms with Gasteiger partial charge in [0.15, 0.2) is 0 Å². The molecule has 0 bridgehead atoms. The topological polar surface area (TPSA) is 115 Å². The van der Waals surface area contributed by atoms with Crippen LogP contribution in [-0.2, 0) is 27.6 Å². The maximum Gasteiger partial charge on any atom is 0.261 e. The molecule has 0 saturated carbocycles. The van der Waals surface area contributed by atoms with E-state index in [9.17, 15) is 22.3 Å². The van der Waals surface area contributed by atoms with Crippen molar-refractivity contribution in [2.75, 3.05) is 4.72 Å². The van der Waals surface area contributed by atoms with E-state index in [0.717, 1.165) is 11.6 Å². The van der Waals surface area contributed by atoms with Crippen molar-refractivity contribution >= 4 is 26.6 Å². The summed E-state index contributed by atoms with van der Waals surface area (Å²) < 4.78 is 60.3. The maximum atomic E-state index is 15.0. The van der Waals surface area contributed by atoms with Gasteiger partial charge in [-0.3, -0.25) is 9.40 Å². The minimum atomic E-state index is -3.86. The Morgan fingerprint density at radius 2 is 1.73 bits per heavy atom. The first-order valence-electron chi connectivity index (χ1n) is 12.9. The van der Waals surface area contributed by atoms with Crippen LogP contribution in [0.2, 0.25) is 0 Å². The Hall–Kier alpha value is -4.16. The smallest absolute Gasteiger partial charge is 0.261 e. The summed E-state index contributed by atoms with van der Waals surface area (Å²) >= 11 is 0. The minimum Gasteiger partial charge on any atom is -0.381 e. The van der Waals surface area contributed by atoms with Gasteiger partial charge in [0, 0.05) is 22.7 Å². The third-order valence-corrected chi connectivity index (χ3v) is 8.60. The molecule has 2 aromatic heterocycles. The molecule has 214 valence electrons. The highest BCUT2D eigenvalue weighted by Gasteiger charge is 2.41. The van der Waals surface area contributed by atoms with Crippen LogP contribution in [0.15, 0.2) is 84.4 Å². The fourth-order valence-electron chi connectivity index (χ4n) is 4.82. The highest BCUT2D eigenvalue weighted by atomic mass is 32.2. The molecule has 12 heteroatoms. The summed E-state index contributed by atoms with van der Waals surface area (Å²) in [4.78, 5) is 4.03. The predicted octanol–water partition coefficient (Wildman–Crippen LogP) is 5.15. The Morgan fingerprint density at radius 1 is 1.00 bits per heavy atom. The van der Waals surface area contributed by atoms with Gasteiger partial charge in [-0.15, -0.1) is 0 Å². The zero-order valence-electron chi connectivity index (χ0n) is 23.0. The summed E-state index contributed by atoms with van der Waals surface area (Å²) in [7, 11) is -3.86. The first-order valence-corrected chi connectivity index (χ1v) is 14.4. The Morgan fingerprint density at radius 3 is 2.37 bits per heavy atom. The Bertz CT molecular complexity index is 1800. The van der Waals surface area contributed by atoms with Gasteiger partial charge in [-0.25, -0.2) is 26.9 Å². The van der Waals surface area contributed by atoms with Gasteiger partial charge in [-0.05, 0) is 54.3 Å². The lowest BCUT2D eigenvalue weighted by molar-refractivity contribution is -0.0354. The third kappa shape index (κ3) is 5.57. The summed E-state index contributed by atoms with van der Waals surface area (Å²) in [5.41, 5.74) is -0.246. The first-order chi connectivity index (χ1) is 19.3. The Kier molecular flexibility index (Phi) is 7.16. The molecule has 41 heavy (non-hydrogen) atoms. The molecule has 0 unspecified atom stereocenters. The van der Waals surface area contributed by atoms with Crippen molar-refractivity contribution in [3.05, 3.63) is 102 Å². The molecule has 2 heterocycles. The zero-order chi connectivity index (χ0) is 29.6. The van der Waals surface area contributed by atoms with Crippen molar-refractivity contribution in [3.8, 4) is 0 Å². The molecular weight excluding hydrogens is 550 g/mol. The summed E-state index contributed by atoms with van der Waals surface area (Å²) in [5, 5.41) is 21.0. The van der Waals surface area contributed by atoms with E-state index in [-0.39, 0.29) is 22.4 Å². The Balaban J connectivity index is 1.47. The van der Waals surface area contributed by atoms with Crippen LogP contribution < -0.4 is 4.72 Å². The molecule has 9 nitrogen and oxygen atoms in total. The summed E-state index contributed by atoms with van der Waals surface area (Å²) in [6, 6.07) is 13.7. The van der Waals surface area contributed by atoms with Gasteiger partial charge in [-0.1, -0.05) is 39.0 Å². The molecule has 0 aliphatic carbocycles. The number of nitrogens with zero attached hydrogens (tertiary/aromatic N) is 5. The average Bonchev–Trinajstić information content (AvgIpc) is 3.57. The second-order valence-corrected chi connectivity index (χ2v) is 12.7. The number of fused-ring (bicyclic) bond motifs is 1. The van der Waals surface area contributed by atoms with E-state index in [2.05, 4.69) is 40.7 Å². The van der Waals surface area contributed by atoms with Crippen LogP contribution >= 0.6 is 0 Å². The number of rotatable bonds is 8. The van der Waals surface area contributed by atoms with Crippen LogP contribution in [0.5, 0.6) is 0 Å². The number of nitrogens with one attached hydrogen (secondary N) is 1. The quantitative estimate of drug-likeness (QED) is 0.262. The Labute approximate surface area is 236 Å². The highest BCUT2D eigenvalue weighted by Crippen LogP contribution is 2.38. The highest BCUT2D eigenvalue weighted by molar-refractivity contribution is 7.92. The lowest BCUT2D eigenvalue weighted by Gasteiger charge is -2.35. The van der Waals surface area contributed by atoms with Gasteiger partial charge in [-0.2, -0.15) is 10.2 Å². The van der Waals surface area contributed by atoms with Crippen molar-refractivity contribution < 1.29 is 22.3 Å². The van der Waals surface area contributed by atoms with Crippen molar-refractivity contribution in [1.29, 1.82) is 0 Å². The monoisotopic (exact) mass is 580 g/mol. The SMILES string of the molecule is C[C@@H](n1ncc2cc(NS(=O)(=O)c3ccc(C(C)(C)C)cc3)ccc21)[C@](O)(Cn1cncn1)c1ccc(F)cc1F. The second kappa shape index (κ2) is 10.3. The van der Waals surface area contributed by atoms with E-state index in [0.29, 0.717) is 22.7 Å². The molecule has 5 aromatic rings. The number of hydrogen-bond donors (Lipinski definition) is 2. The normalized spacial score (nSPS) is 14.6. The van der Waals surface area contributed by atoms with E-state index in [4.69, 9.17) is 0 Å². The van der Waals surface area contributed by atoms with Crippen molar-refractivity contribution in [1.82, 2.24) is 24.5 Å². The van der Waals surface area contributed by atoms with Crippen LogP contribution in [0.1, 0.15) is 44.9 Å². The molecular formula is C29H30F2N6O3S. The zero-order valence-corrected chi connectivity index (χ0v) is 23.8. The standard InChI is InChI=1S/C29H30F2N6O3S/c1-19(29(38,16-36-18-32-17-34-36)25-11-7-22(30)14-26(25)31)37-27-12-8-23(13-20(27)15-33-37)35-41(39,40)24-9-5-21(6-10-24)28(2,3)4/h5-15,17-19,35,38H,16H2,1-4H3/t19-,29-/m1/s1. The molecule has 0 amide bonds. The lowest BCUT2D eigenvalue weighted by Crippen LogP contribution is -2.41. The molecule has 2 atom stereocenters. The number of aromatic nitrogens is 5. The van der Waals surface area contributed by atoms with Crippen LogP contribution in [0.25, 0.3) is 10.9 Å². The van der Waals surface area contributed by atoms with Gasteiger partial charge in [0.2, 0.25) is 0 Å². The largest absolute Gasteiger partial charge is 0.381 e. The van der Waals surface area contributed by atoms with Crippen molar-refractivity contribution in [3.63, 3.8) is 0 Å². The second-order valence-electron chi connectivity index (χ2n) is 11.1. The molecule has 0 fully saturated rings. The number of sulfonamides is 1. The van der Waals surface area contributed by atoms with Crippen LogP contribution in [0, 0.1) is 11.6 Å². The molecule has 0 saturated heterocycles. The molecule has 3 aromatic carbocycles. The summed E-state index contributed by atoms with van der Waals surface area (Å²) in [6.45, 7) is 7.62. The number of halogens is 2. The lowest BCUT2D eigenvalue weighted by atomic mass is 9.86. The fourth-order valence-corrected chi connectivity index (χ4v) is 5.87. The van der Waals surface area contributed by atoms with E-state index in [1.165, 1.54) is 34.3 Å². The molecule has 2 N–H and O–H groups in total. The minimum absolute atomic E-state index is 0.109. The van der Waals surface area contributed by atoms with Crippen LogP contribution in [0.3, 0.4) is 0 Å². The van der Waals surface area contributed by atoms with Crippen molar-refractivity contribution in [2.45, 2.75) is 56.2 Å². The van der Waals surface area contributed by atoms with Gasteiger partial charge in [0.1, 0.15) is 29.9 Å². The van der Waals surface area contributed by atoms with Gasteiger partial charge < -0.3 is 5.11 Å². The molecule has 0 radical (unpaired) electrons. The average molecular weight is 581 g/mol. The van der Waals surface area contributed by atoms with Crippen LogP contribution in [0.4, 0.5) is 14.5 Å². The number of benzene rings is 3. The van der Waals surface area contributed by atoms with Gasteiger partial charge >= 0.3 is 0 Å². The fraction of sp³-hybridized carbons (Fsp3) is 0.276.